The van der Waals surface area contributed by atoms with E-state index < -0.39 is 11.7 Å². The highest BCUT2D eigenvalue weighted by molar-refractivity contribution is 5.48. The normalized spacial score (nSPS) is 17.5. The van der Waals surface area contributed by atoms with Gasteiger partial charge >= 0.3 is 6.18 Å². The van der Waals surface area contributed by atoms with E-state index in [4.69, 9.17) is 5.73 Å². The first-order valence-electron chi connectivity index (χ1n) is 6.85. The summed E-state index contributed by atoms with van der Waals surface area (Å²) in [6, 6.07) is 5.41. The van der Waals surface area contributed by atoms with Crippen LogP contribution in [-0.4, -0.2) is 44.2 Å². The van der Waals surface area contributed by atoms with E-state index in [1.807, 2.05) is 0 Å². The fourth-order valence-corrected chi connectivity index (χ4v) is 2.41. The van der Waals surface area contributed by atoms with Crippen molar-refractivity contribution in [3.8, 4) is 0 Å². The Morgan fingerprint density at radius 2 is 1.60 bits per heavy atom. The summed E-state index contributed by atoms with van der Waals surface area (Å²) < 4.78 is 37.5. The topological polar surface area (TPSA) is 32.5 Å². The van der Waals surface area contributed by atoms with Gasteiger partial charge in [-0.05, 0) is 43.8 Å². The van der Waals surface area contributed by atoms with Crippen molar-refractivity contribution in [1.29, 1.82) is 0 Å². The lowest BCUT2D eigenvalue weighted by molar-refractivity contribution is -0.137. The molecule has 1 aromatic carbocycles. The number of hydrogen-bond acceptors (Lipinski definition) is 3. The van der Waals surface area contributed by atoms with Gasteiger partial charge in [0.1, 0.15) is 0 Å². The Morgan fingerprint density at radius 1 is 1.00 bits per heavy atom. The molecule has 1 saturated heterocycles. The number of hydrogen-bond donors (Lipinski definition) is 1. The molecule has 0 bridgehead atoms. The third-order valence-corrected chi connectivity index (χ3v) is 3.61. The van der Waals surface area contributed by atoms with Gasteiger partial charge in [0.05, 0.1) is 5.56 Å². The van der Waals surface area contributed by atoms with Crippen LogP contribution < -0.4 is 10.6 Å². The Balaban J connectivity index is 1.90. The summed E-state index contributed by atoms with van der Waals surface area (Å²) in [6.45, 7) is 5.24. The zero-order chi connectivity index (χ0) is 14.6. The van der Waals surface area contributed by atoms with Crippen molar-refractivity contribution >= 4 is 5.69 Å². The van der Waals surface area contributed by atoms with Crippen LogP contribution in [0.15, 0.2) is 24.3 Å². The van der Waals surface area contributed by atoms with Gasteiger partial charge in [-0.2, -0.15) is 13.2 Å². The van der Waals surface area contributed by atoms with Crippen LogP contribution >= 0.6 is 0 Å². The van der Waals surface area contributed by atoms with Crippen LogP contribution in [-0.2, 0) is 6.18 Å². The molecule has 0 unspecified atom stereocenters. The van der Waals surface area contributed by atoms with E-state index in [0.717, 1.165) is 57.0 Å². The highest BCUT2D eigenvalue weighted by Gasteiger charge is 2.30. The van der Waals surface area contributed by atoms with Crippen molar-refractivity contribution in [3.05, 3.63) is 29.8 Å². The second-order valence-electron chi connectivity index (χ2n) is 5.02. The molecule has 112 valence electrons. The molecule has 0 atom stereocenters. The van der Waals surface area contributed by atoms with E-state index >= 15 is 0 Å². The molecular formula is C14H20F3N3. The van der Waals surface area contributed by atoms with Gasteiger partial charge < -0.3 is 10.6 Å². The summed E-state index contributed by atoms with van der Waals surface area (Å²) in [4.78, 5) is 4.46. The molecule has 0 saturated carbocycles. The number of anilines is 1. The predicted molar refractivity (Wildman–Crippen MR) is 73.8 cm³/mol. The smallest absolute Gasteiger partial charge is 0.369 e. The molecule has 0 radical (unpaired) electrons. The Bertz CT molecular complexity index is 409. The summed E-state index contributed by atoms with van der Waals surface area (Å²) in [6.07, 6.45) is -3.28. The molecule has 1 aromatic rings. The number of benzene rings is 1. The van der Waals surface area contributed by atoms with Crippen molar-refractivity contribution in [2.75, 3.05) is 44.2 Å². The molecule has 1 aliphatic heterocycles. The van der Waals surface area contributed by atoms with E-state index in [2.05, 4.69) is 9.80 Å². The van der Waals surface area contributed by atoms with Crippen molar-refractivity contribution in [1.82, 2.24) is 4.90 Å². The molecule has 1 fully saturated rings. The van der Waals surface area contributed by atoms with E-state index in [1.54, 1.807) is 12.1 Å². The Morgan fingerprint density at radius 3 is 2.10 bits per heavy atom. The summed E-state index contributed by atoms with van der Waals surface area (Å²) in [5.74, 6) is 0. The minimum absolute atomic E-state index is 0.595. The molecule has 0 spiro atoms. The Hall–Kier alpha value is -1.27. The zero-order valence-corrected chi connectivity index (χ0v) is 11.4. The lowest BCUT2D eigenvalue weighted by atomic mass is 10.1. The number of piperazine rings is 1. The number of alkyl halides is 3. The highest BCUT2D eigenvalue weighted by atomic mass is 19.4. The van der Waals surface area contributed by atoms with E-state index in [9.17, 15) is 13.2 Å². The fourth-order valence-electron chi connectivity index (χ4n) is 2.41. The maximum atomic E-state index is 12.5. The fraction of sp³-hybridized carbons (Fsp3) is 0.571. The molecule has 6 heteroatoms. The first-order valence-corrected chi connectivity index (χ1v) is 6.85. The number of rotatable bonds is 4. The average Bonchev–Trinajstić information content (AvgIpc) is 2.45. The van der Waals surface area contributed by atoms with Gasteiger partial charge in [-0.15, -0.1) is 0 Å². The first-order chi connectivity index (χ1) is 9.50. The molecule has 2 rings (SSSR count). The summed E-state index contributed by atoms with van der Waals surface area (Å²) in [5.41, 5.74) is 5.75. The standard InChI is InChI=1S/C14H20F3N3/c15-14(16,17)12-2-4-13(5-3-12)20-10-8-19(9-11-20)7-1-6-18/h2-5H,1,6-11,18H2. The highest BCUT2D eigenvalue weighted by Crippen LogP contribution is 2.30. The zero-order valence-electron chi connectivity index (χ0n) is 11.4. The molecular weight excluding hydrogens is 267 g/mol. The van der Waals surface area contributed by atoms with Gasteiger partial charge in [0, 0.05) is 31.9 Å². The molecule has 3 nitrogen and oxygen atoms in total. The molecule has 1 aliphatic rings. The minimum Gasteiger partial charge on any atom is -0.369 e. The number of nitrogens with zero attached hydrogens (tertiary/aromatic N) is 2. The molecule has 20 heavy (non-hydrogen) atoms. The average molecular weight is 287 g/mol. The van der Waals surface area contributed by atoms with E-state index in [0.29, 0.717) is 6.54 Å². The van der Waals surface area contributed by atoms with Crippen LogP contribution in [0.3, 0.4) is 0 Å². The lowest BCUT2D eigenvalue weighted by Crippen LogP contribution is -2.46. The summed E-state index contributed by atoms with van der Waals surface area (Å²) in [5, 5.41) is 0. The third-order valence-electron chi connectivity index (χ3n) is 3.61. The number of nitrogens with two attached hydrogens (primary N) is 1. The van der Waals surface area contributed by atoms with E-state index in [1.165, 1.54) is 0 Å². The van der Waals surface area contributed by atoms with Gasteiger partial charge in [-0.25, -0.2) is 0 Å². The molecule has 0 amide bonds. The molecule has 1 heterocycles. The van der Waals surface area contributed by atoms with Crippen LogP contribution in [0.25, 0.3) is 0 Å². The number of halogens is 3. The lowest BCUT2D eigenvalue weighted by Gasteiger charge is -2.36. The molecule has 0 aliphatic carbocycles. The Labute approximate surface area is 117 Å². The third kappa shape index (κ3) is 3.86. The largest absolute Gasteiger partial charge is 0.416 e. The summed E-state index contributed by atoms with van der Waals surface area (Å²) >= 11 is 0. The monoisotopic (exact) mass is 287 g/mol. The predicted octanol–water partition coefficient (Wildman–Crippen LogP) is 2.18. The van der Waals surface area contributed by atoms with E-state index in [-0.39, 0.29) is 0 Å². The Kier molecular flexibility index (Phi) is 4.88. The van der Waals surface area contributed by atoms with Crippen molar-refractivity contribution < 1.29 is 13.2 Å². The SMILES string of the molecule is NCCCN1CCN(c2ccc(C(F)(F)F)cc2)CC1. The first kappa shape index (κ1) is 15.1. The minimum atomic E-state index is -4.26. The van der Waals surface area contributed by atoms with Gasteiger partial charge in [0.2, 0.25) is 0 Å². The van der Waals surface area contributed by atoms with Crippen LogP contribution in [0, 0.1) is 0 Å². The van der Waals surface area contributed by atoms with Crippen molar-refractivity contribution in [2.45, 2.75) is 12.6 Å². The molecule has 2 N–H and O–H groups in total. The van der Waals surface area contributed by atoms with Crippen molar-refractivity contribution in [2.24, 2.45) is 5.73 Å². The second kappa shape index (κ2) is 6.45. The summed E-state index contributed by atoms with van der Waals surface area (Å²) in [7, 11) is 0. The maximum absolute atomic E-state index is 12.5. The maximum Gasteiger partial charge on any atom is 0.416 e. The van der Waals surface area contributed by atoms with Crippen molar-refractivity contribution in [3.63, 3.8) is 0 Å². The second-order valence-corrected chi connectivity index (χ2v) is 5.02. The van der Waals surface area contributed by atoms with Crippen LogP contribution in [0.5, 0.6) is 0 Å². The van der Waals surface area contributed by atoms with Gasteiger partial charge in [0.15, 0.2) is 0 Å². The van der Waals surface area contributed by atoms with Crippen LogP contribution in [0.2, 0.25) is 0 Å². The van der Waals surface area contributed by atoms with Gasteiger partial charge in [-0.3, -0.25) is 4.90 Å². The van der Waals surface area contributed by atoms with Crippen LogP contribution in [0.1, 0.15) is 12.0 Å². The molecule has 0 aromatic heterocycles. The van der Waals surface area contributed by atoms with Gasteiger partial charge in [-0.1, -0.05) is 0 Å². The quantitative estimate of drug-likeness (QED) is 0.921. The van der Waals surface area contributed by atoms with Crippen LogP contribution in [0.4, 0.5) is 18.9 Å². The van der Waals surface area contributed by atoms with Gasteiger partial charge in [0.25, 0.3) is 0 Å².